The summed E-state index contributed by atoms with van der Waals surface area (Å²) in [5, 5.41) is 3.34. The fourth-order valence-corrected chi connectivity index (χ4v) is 5.64. The van der Waals surface area contributed by atoms with E-state index in [9.17, 15) is 13.2 Å². The first-order chi connectivity index (χ1) is 15.3. The van der Waals surface area contributed by atoms with Crippen LogP contribution in [0.2, 0.25) is 5.02 Å². The van der Waals surface area contributed by atoms with E-state index >= 15 is 0 Å². The predicted octanol–water partition coefficient (Wildman–Crippen LogP) is 4.37. The number of rotatable bonds is 10. The quantitative estimate of drug-likeness (QED) is 0.543. The molecule has 2 aromatic carbocycles. The van der Waals surface area contributed by atoms with Gasteiger partial charge in [-0.2, -0.15) is 0 Å². The minimum atomic E-state index is -3.03. The lowest BCUT2D eigenvalue weighted by atomic mass is 10.2. The molecular weight excluding hydrogens is 452 g/mol. The zero-order chi connectivity index (χ0) is 23.1. The molecule has 3 rings (SSSR count). The van der Waals surface area contributed by atoms with Crippen LogP contribution in [0.1, 0.15) is 26.7 Å². The zero-order valence-electron chi connectivity index (χ0n) is 18.3. The van der Waals surface area contributed by atoms with Gasteiger partial charge >= 0.3 is 0 Å². The van der Waals surface area contributed by atoms with Gasteiger partial charge in [-0.1, -0.05) is 18.5 Å². The van der Waals surface area contributed by atoms with Gasteiger partial charge in [0.25, 0.3) is 0 Å². The van der Waals surface area contributed by atoms with E-state index in [1.165, 1.54) is 0 Å². The van der Waals surface area contributed by atoms with E-state index in [1.54, 1.807) is 30.3 Å². The van der Waals surface area contributed by atoms with E-state index in [1.807, 2.05) is 30.9 Å². The molecule has 1 aliphatic heterocycles. The van der Waals surface area contributed by atoms with Crippen molar-refractivity contribution >= 4 is 33.0 Å². The molecule has 2 aromatic rings. The molecule has 174 valence electrons. The van der Waals surface area contributed by atoms with Gasteiger partial charge in [0.05, 0.1) is 30.3 Å². The average Bonchev–Trinajstić information content (AvgIpc) is 3.11. The number of ether oxygens (including phenoxy) is 2. The van der Waals surface area contributed by atoms with Gasteiger partial charge in [0.1, 0.15) is 11.5 Å². The van der Waals surface area contributed by atoms with E-state index in [-0.39, 0.29) is 30.0 Å². The van der Waals surface area contributed by atoms with Gasteiger partial charge in [0.15, 0.2) is 15.6 Å². The molecule has 1 saturated heterocycles. The highest BCUT2D eigenvalue weighted by Crippen LogP contribution is 2.33. The normalized spacial score (nSPS) is 17.3. The molecule has 1 heterocycles. The first-order valence-corrected chi connectivity index (χ1v) is 12.9. The van der Waals surface area contributed by atoms with Crippen molar-refractivity contribution in [2.75, 3.05) is 36.5 Å². The summed E-state index contributed by atoms with van der Waals surface area (Å²) in [6, 6.07) is 12.1. The minimum absolute atomic E-state index is 0.100. The lowest BCUT2D eigenvalue weighted by Crippen LogP contribution is -2.42. The van der Waals surface area contributed by atoms with Crippen molar-refractivity contribution in [1.29, 1.82) is 0 Å². The Kier molecular flexibility index (Phi) is 8.39. The molecule has 1 N–H and O–H groups in total. The first kappa shape index (κ1) is 24.4. The molecule has 0 spiro atoms. The molecule has 1 atom stereocenters. The number of benzene rings is 2. The van der Waals surface area contributed by atoms with Gasteiger partial charge in [-0.3, -0.25) is 9.69 Å². The lowest BCUT2D eigenvalue weighted by molar-refractivity contribution is -0.117. The molecule has 0 radical (unpaired) electrons. The second-order valence-electron chi connectivity index (χ2n) is 7.72. The molecule has 1 fully saturated rings. The Hall–Kier alpha value is -2.29. The van der Waals surface area contributed by atoms with Crippen molar-refractivity contribution < 1.29 is 22.7 Å². The highest BCUT2D eigenvalue weighted by Gasteiger charge is 2.32. The number of carbonyl (C=O) groups excluding carboxylic acids is 1. The van der Waals surface area contributed by atoms with E-state index in [0.717, 1.165) is 12.2 Å². The predicted molar refractivity (Wildman–Crippen MR) is 127 cm³/mol. The van der Waals surface area contributed by atoms with Crippen LogP contribution >= 0.6 is 11.6 Å². The fraction of sp³-hybridized carbons (Fsp3) is 0.435. The van der Waals surface area contributed by atoms with Gasteiger partial charge in [-0.05, 0) is 68.8 Å². The second-order valence-corrected chi connectivity index (χ2v) is 10.4. The maximum atomic E-state index is 12.8. The molecule has 0 aliphatic carbocycles. The molecule has 0 bridgehead atoms. The minimum Gasteiger partial charge on any atom is -0.494 e. The lowest BCUT2D eigenvalue weighted by Gasteiger charge is -2.27. The van der Waals surface area contributed by atoms with E-state index in [2.05, 4.69) is 5.32 Å². The van der Waals surface area contributed by atoms with Crippen LogP contribution in [0.15, 0.2) is 42.5 Å². The molecular formula is C23H29ClN2O5S. The number of halogens is 1. The number of hydrogen-bond donors (Lipinski definition) is 1. The third-order valence-electron chi connectivity index (χ3n) is 5.16. The van der Waals surface area contributed by atoms with E-state index < -0.39 is 9.84 Å². The van der Waals surface area contributed by atoms with Gasteiger partial charge in [-0.25, -0.2) is 8.42 Å². The van der Waals surface area contributed by atoms with Crippen molar-refractivity contribution in [3.63, 3.8) is 0 Å². The van der Waals surface area contributed by atoms with Crippen LogP contribution in [0.25, 0.3) is 0 Å². The monoisotopic (exact) mass is 480 g/mol. The number of sulfone groups is 1. The summed E-state index contributed by atoms with van der Waals surface area (Å²) in [7, 11) is -3.03. The summed E-state index contributed by atoms with van der Waals surface area (Å²) in [6.07, 6.45) is 1.38. The van der Waals surface area contributed by atoms with Crippen LogP contribution in [0.3, 0.4) is 0 Å². The third-order valence-corrected chi connectivity index (χ3v) is 7.15. The van der Waals surface area contributed by atoms with E-state index in [0.29, 0.717) is 41.8 Å². The van der Waals surface area contributed by atoms with Gasteiger partial charge in [0, 0.05) is 11.1 Å². The maximum Gasteiger partial charge on any atom is 0.238 e. The summed E-state index contributed by atoms with van der Waals surface area (Å²) in [4.78, 5) is 14.8. The molecule has 1 unspecified atom stereocenters. The highest BCUT2D eigenvalue weighted by atomic mass is 35.5. The molecule has 7 nitrogen and oxygen atoms in total. The molecule has 1 aliphatic rings. The molecule has 32 heavy (non-hydrogen) atoms. The van der Waals surface area contributed by atoms with Crippen LogP contribution in [0, 0.1) is 0 Å². The number of hydrogen-bond acceptors (Lipinski definition) is 6. The van der Waals surface area contributed by atoms with Crippen molar-refractivity contribution in [3.8, 4) is 17.2 Å². The number of anilines is 1. The van der Waals surface area contributed by atoms with Crippen molar-refractivity contribution in [1.82, 2.24) is 4.90 Å². The summed E-state index contributed by atoms with van der Waals surface area (Å²) < 4.78 is 35.1. The van der Waals surface area contributed by atoms with Gasteiger partial charge in [-0.15, -0.1) is 0 Å². The molecule has 9 heteroatoms. The average molecular weight is 481 g/mol. The SMILES string of the molecule is CCCN(CC(=O)Nc1cc(Cl)ccc1Oc1ccc(OCC)cc1)C1CCS(=O)(=O)C1. The van der Waals surface area contributed by atoms with Crippen molar-refractivity contribution in [2.24, 2.45) is 0 Å². The standard InChI is InChI=1S/C23H29ClN2O5S/c1-3-12-26(18-11-13-32(28,29)16-18)15-23(27)25-21-14-17(24)5-10-22(21)31-20-8-6-19(7-9-20)30-4-2/h5-10,14,18H,3-4,11-13,15-16H2,1-2H3,(H,25,27). The smallest absolute Gasteiger partial charge is 0.238 e. The molecule has 0 aromatic heterocycles. The van der Waals surface area contributed by atoms with Gasteiger partial charge in [0.2, 0.25) is 5.91 Å². The van der Waals surface area contributed by atoms with Crippen molar-refractivity contribution in [3.05, 3.63) is 47.5 Å². The van der Waals surface area contributed by atoms with Crippen LogP contribution in [0.4, 0.5) is 5.69 Å². The summed E-state index contributed by atoms with van der Waals surface area (Å²) >= 11 is 6.15. The van der Waals surface area contributed by atoms with Crippen LogP contribution in [-0.4, -0.2) is 56.5 Å². The Balaban J connectivity index is 1.70. The Labute approximate surface area is 194 Å². The van der Waals surface area contributed by atoms with Crippen LogP contribution < -0.4 is 14.8 Å². The number of nitrogens with zero attached hydrogens (tertiary/aromatic N) is 1. The topological polar surface area (TPSA) is 84.9 Å². The molecule has 1 amide bonds. The number of carbonyl (C=O) groups is 1. The Morgan fingerprint density at radius 2 is 1.88 bits per heavy atom. The van der Waals surface area contributed by atoms with Crippen LogP contribution in [0.5, 0.6) is 17.2 Å². The third kappa shape index (κ3) is 6.85. The summed E-state index contributed by atoms with van der Waals surface area (Å²) in [5.41, 5.74) is 0.451. The first-order valence-electron chi connectivity index (χ1n) is 10.7. The van der Waals surface area contributed by atoms with Gasteiger partial charge < -0.3 is 14.8 Å². The Morgan fingerprint density at radius 3 is 2.50 bits per heavy atom. The second kappa shape index (κ2) is 11.0. The van der Waals surface area contributed by atoms with E-state index in [4.69, 9.17) is 21.1 Å². The Morgan fingerprint density at radius 1 is 1.16 bits per heavy atom. The summed E-state index contributed by atoms with van der Waals surface area (Å²) in [5.74, 6) is 1.82. The van der Waals surface area contributed by atoms with Crippen LogP contribution in [-0.2, 0) is 14.6 Å². The molecule has 0 saturated carbocycles. The largest absolute Gasteiger partial charge is 0.494 e. The number of amides is 1. The number of nitrogens with one attached hydrogen (secondary N) is 1. The Bertz CT molecular complexity index is 1030. The fourth-order valence-electron chi connectivity index (χ4n) is 3.70. The maximum absolute atomic E-state index is 12.8. The highest BCUT2D eigenvalue weighted by molar-refractivity contribution is 7.91. The summed E-state index contributed by atoms with van der Waals surface area (Å²) in [6.45, 7) is 5.26. The zero-order valence-corrected chi connectivity index (χ0v) is 19.9. The van der Waals surface area contributed by atoms with Crippen molar-refractivity contribution in [2.45, 2.75) is 32.7 Å².